The van der Waals surface area contributed by atoms with Crippen molar-refractivity contribution < 1.29 is 22.3 Å². The number of hydrogen-bond donors (Lipinski definition) is 0. The number of rotatable bonds is 12. The van der Waals surface area contributed by atoms with Gasteiger partial charge in [-0.05, 0) is 71.7 Å². The van der Waals surface area contributed by atoms with E-state index in [9.17, 15) is 13.2 Å². The third-order valence-electron chi connectivity index (χ3n) is 8.02. The molecule has 0 N–H and O–H groups in total. The summed E-state index contributed by atoms with van der Waals surface area (Å²) in [6.45, 7) is -0.811. The lowest BCUT2D eigenvalue weighted by Gasteiger charge is -2.28. The van der Waals surface area contributed by atoms with Gasteiger partial charge in [-0.25, -0.2) is 8.78 Å². The van der Waals surface area contributed by atoms with Crippen LogP contribution in [0.3, 0.4) is 0 Å². The summed E-state index contributed by atoms with van der Waals surface area (Å²) in [5.74, 6) is 0.158. The van der Waals surface area contributed by atoms with Crippen molar-refractivity contribution in [1.82, 2.24) is 0 Å². The largest absolute Gasteiger partial charge is 0.432 e. The summed E-state index contributed by atoms with van der Waals surface area (Å²) in [5.41, 5.74) is 2.42. The lowest BCUT2D eigenvalue weighted by molar-refractivity contribution is -0.0522. The van der Waals surface area contributed by atoms with Gasteiger partial charge in [0.1, 0.15) is 5.82 Å². The van der Waals surface area contributed by atoms with Gasteiger partial charge in [0.05, 0.1) is 0 Å². The summed E-state index contributed by atoms with van der Waals surface area (Å²) in [6, 6.07) is 13.7. The molecule has 0 radical (unpaired) electrons. The van der Waals surface area contributed by atoms with Gasteiger partial charge in [0.25, 0.3) is 0 Å². The molecule has 1 saturated carbocycles. The van der Waals surface area contributed by atoms with Crippen molar-refractivity contribution in [2.75, 3.05) is 0 Å². The predicted octanol–water partition coefficient (Wildman–Crippen LogP) is 9.82. The molecule has 4 rings (SSSR count). The Morgan fingerprint density at radius 1 is 0.784 bits per heavy atom. The molecule has 3 aromatic rings. The molecule has 5 heteroatoms. The van der Waals surface area contributed by atoms with Crippen molar-refractivity contribution in [2.24, 2.45) is 11.8 Å². The molecule has 1 nitrogen and oxygen atoms in total. The fourth-order valence-electron chi connectivity index (χ4n) is 5.77. The number of ether oxygens (including phenoxy) is 1. The SMILES string of the molecule is CCCCCC1CCC(CCc2ccc3c(F)c(CCc4ccc(OC(F)F)c(F)c4)ccc3c2)CC1. The van der Waals surface area contributed by atoms with Crippen molar-refractivity contribution in [3.63, 3.8) is 0 Å². The topological polar surface area (TPSA) is 9.23 Å². The number of hydrogen-bond acceptors (Lipinski definition) is 1. The quantitative estimate of drug-likeness (QED) is 0.173. The second-order valence-corrected chi connectivity index (χ2v) is 10.7. The zero-order valence-electron chi connectivity index (χ0n) is 21.8. The van der Waals surface area contributed by atoms with E-state index in [1.807, 2.05) is 18.2 Å². The minimum atomic E-state index is -3.08. The van der Waals surface area contributed by atoms with Crippen LogP contribution in [0, 0.1) is 23.5 Å². The monoisotopic (exact) mass is 514 g/mol. The van der Waals surface area contributed by atoms with Crippen LogP contribution in [0.2, 0.25) is 0 Å². The molecular formula is C32H38F4O. The molecule has 0 unspecified atom stereocenters. The van der Waals surface area contributed by atoms with Crippen LogP contribution < -0.4 is 4.74 Å². The van der Waals surface area contributed by atoms with E-state index in [1.54, 1.807) is 6.07 Å². The van der Waals surface area contributed by atoms with Crippen molar-refractivity contribution in [2.45, 2.75) is 90.6 Å². The predicted molar refractivity (Wildman–Crippen MR) is 142 cm³/mol. The van der Waals surface area contributed by atoms with Gasteiger partial charge >= 0.3 is 6.61 Å². The van der Waals surface area contributed by atoms with E-state index < -0.39 is 18.2 Å². The Bertz CT molecular complexity index is 1150. The van der Waals surface area contributed by atoms with Crippen LogP contribution in [-0.4, -0.2) is 6.61 Å². The zero-order chi connectivity index (χ0) is 26.2. The minimum absolute atomic E-state index is 0.247. The second kappa shape index (κ2) is 13.3. The highest BCUT2D eigenvalue weighted by Crippen LogP contribution is 2.34. The van der Waals surface area contributed by atoms with Crippen molar-refractivity contribution >= 4 is 10.8 Å². The molecule has 0 heterocycles. The summed E-state index contributed by atoms with van der Waals surface area (Å²) in [4.78, 5) is 0. The van der Waals surface area contributed by atoms with E-state index in [0.717, 1.165) is 23.6 Å². The lowest BCUT2D eigenvalue weighted by atomic mass is 9.77. The number of fused-ring (bicyclic) bond motifs is 1. The molecule has 3 aromatic carbocycles. The van der Waals surface area contributed by atoms with E-state index in [1.165, 1.54) is 81.5 Å². The van der Waals surface area contributed by atoms with Crippen LogP contribution in [0.4, 0.5) is 17.6 Å². The first-order valence-electron chi connectivity index (χ1n) is 13.9. The molecule has 0 atom stereocenters. The van der Waals surface area contributed by atoms with Gasteiger partial charge in [0.15, 0.2) is 11.6 Å². The van der Waals surface area contributed by atoms with Crippen molar-refractivity contribution in [3.05, 3.63) is 76.9 Å². The first-order chi connectivity index (χ1) is 17.9. The van der Waals surface area contributed by atoms with E-state index >= 15 is 4.39 Å². The average molecular weight is 515 g/mol. The maximum Gasteiger partial charge on any atom is 0.387 e. The molecule has 0 spiro atoms. The number of unbranched alkanes of at least 4 members (excludes halogenated alkanes) is 2. The van der Waals surface area contributed by atoms with Crippen molar-refractivity contribution in [1.29, 1.82) is 0 Å². The zero-order valence-corrected chi connectivity index (χ0v) is 21.8. The Hall–Kier alpha value is -2.56. The standard InChI is InChI=1S/C32H38F4O/c1-2-3-4-5-22-6-8-23(9-7-22)10-11-24-13-18-28-27(20-24)17-16-26(31(28)34)15-12-25-14-19-30(29(33)21-25)37-32(35)36/h13-14,16-23,32H,2-12,15H2,1H3. The van der Waals surface area contributed by atoms with Crippen molar-refractivity contribution in [3.8, 4) is 5.75 Å². The number of alkyl halides is 2. The van der Waals surface area contributed by atoms with Crippen LogP contribution >= 0.6 is 0 Å². The molecule has 0 aliphatic heterocycles. The molecule has 0 bridgehead atoms. The highest BCUT2D eigenvalue weighted by Gasteiger charge is 2.21. The Balaban J connectivity index is 1.31. The summed E-state index contributed by atoms with van der Waals surface area (Å²) in [7, 11) is 0. The molecule has 0 saturated heterocycles. The Labute approximate surface area is 218 Å². The summed E-state index contributed by atoms with van der Waals surface area (Å²) in [6.07, 6.45) is 13.9. The Morgan fingerprint density at radius 3 is 2.19 bits per heavy atom. The average Bonchev–Trinajstić information content (AvgIpc) is 2.89. The molecular weight excluding hydrogens is 476 g/mol. The number of aryl methyl sites for hydroxylation is 3. The first kappa shape index (κ1) is 27.5. The molecule has 0 amide bonds. The van der Waals surface area contributed by atoms with Crippen LogP contribution in [-0.2, 0) is 19.3 Å². The number of benzene rings is 3. The molecule has 1 fully saturated rings. The second-order valence-electron chi connectivity index (χ2n) is 10.7. The smallest absolute Gasteiger partial charge is 0.387 e. The fourth-order valence-corrected chi connectivity index (χ4v) is 5.77. The van der Waals surface area contributed by atoms with E-state index in [0.29, 0.717) is 29.4 Å². The van der Waals surface area contributed by atoms with Crippen LogP contribution in [0.1, 0.15) is 81.4 Å². The van der Waals surface area contributed by atoms with Gasteiger partial charge in [-0.3, -0.25) is 0 Å². The first-order valence-corrected chi connectivity index (χ1v) is 13.9. The molecule has 1 aliphatic carbocycles. The van der Waals surface area contributed by atoms with Gasteiger partial charge in [0.2, 0.25) is 0 Å². The van der Waals surface area contributed by atoms with E-state index in [-0.39, 0.29) is 5.82 Å². The lowest BCUT2D eigenvalue weighted by Crippen LogP contribution is -2.15. The van der Waals surface area contributed by atoms with E-state index in [2.05, 4.69) is 17.7 Å². The third kappa shape index (κ3) is 7.72. The molecule has 0 aromatic heterocycles. The highest BCUT2D eigenvalue weighted by atomic mass is 19.3. The van der Waals surface area contributed by atoms with Crippen LogP contribution in [0.15, 0.2) is 48.5 Å². The summed E-state index contributed by atoms with van der Waals surface area (Å²) in [5, 5.41) is 1.50. The summed E-state index contributed by atoms with van der Waals surface area (Å²) < 4.78 is 58.0. The number of halogens is 4. The molecule has 37 heavy (non-hydrogen) atoms. The van der Waals surface area contributed by atoms with Crippen LogP contribution in [0.25, 0.3) is 10.8 Å². The summed E-state index contributed by atoms with van der Waals surface area (Å²) >= 11 is 0. The van der Waals surface area contributed by atoms with Gasteiger partial charge in [-0.1, -0.05) is 94.7 Å². The highest BCUT2D eigenvalue weighted by molar-refractivity contribution is 5.84. The maximum atomic E-state index is 15.2. The van der Waals surface area contributed by atoms with Gasteiger partial charge < -0.3 is 4.74 Å². The van der Waals surface area contributed by atoms with Gasteiger partial charge in [-0.15, -0.1) is 0 Å². The Morgan fingerprint density at radius 2 is 1.49 bits per heavy atom. The normalized spacial score (nSPS) is 18.0. The molecule has 1 aliphatic rings. The van der Waals surface area contributed by atoms with E-state index in [4.69, 9.17) is 0 Å². The van der Waals surface area contributed by atoms with Gasteiger partial charge in [-0.2, -0.15) is 8.78 Å². The van der Waals surface area contributed by atoms with Gasteiger partial charge in [0, 0.05) is 5.39 Å². The Kier molecular flexibility index (Phi) is 9.88. The molecule has 200 valence electrons. The maximum absolute atomic E-state index is 15.2. The minimum Gasteiger partial charge on any atom is -0.432 e. The third-order valence-corrected chi connectivity index (χ3v) is 8.02. The fraction of sp³-hybridized carbons (Fsp3) is 0.500. The van der Waals surface area contributed by atoms with Crippen LogP contribution in [0.5, 0.6) is 5.75 Å².